The topological polar surface area (TPSA) is 245 Å². The number of nitrogens with one attached hydrogen (secondary N) is 4. The van der Waals surface area contributed by atoms with Crippen LogP contribution in [0.1, 0.15) is 32.1 Å². The molecule has 212 valence electrons. The van der Waals surface area contributed by atoms with Gasteiger partial charge in [-0.05, 0) is 37.8 Å². The lowest BCUT2D eigenvalue weighted by Crippen LogP contribution is -2.51. The van der Waals surface area contributed by atoms with Gasteiger partial charge in [-0.25, -0.2) is 23.9 Å². The first-order valence-electron chi connectivity index (χ1n) is 12.0. The van der Waals surface area contributed by atoms with Gasteiger partial charge in [-0.15, -0.1) is 5.10 Å². The fourth-order valence-corrected chi connectivity index (χ4v) is 3.49. The number of aliphatic hydroxyl groups is 1. The zero-order chi connectivity index (χ0) is 28.8. The maximum atomic E-state index is 12.3. The second-order valence-electron chi connectivity index (χ2n) is 8.36. The number of anilines is 1. The largest absolute Gasteiger partial charge is 0.481 e. The first kappa shape index (κ1) is 30.5. The third-order valence-corrected chi connectivity index (χ3v) is 5.40. The number of aliphatic hydroxyl groups excluding tert-OH is 1. The Bertz CT molecular complexity index is 1150. The minimum atomic E-state index is -1.49. The molecule has 1 aromatic heterocycles. The maximum absolute atomic E-state index is 12.3. The van der Waals surface area contributed by atoms with Gasteiger partial charge in [-0.1, -0.05) is 17.3 Å². The highest BCUT2D eigenvalue weighted by Gasteiger charge is 2.24. The molecule has 1 aromatic carbocycles. The van der Waals surface area contributed by atoms with Gasteiger partial charge in [0, 0.05) is 24.2 Å². The molecular formula is C23H31N7O9. The molecular weight excluding hydrogens is 518 g/mol. The smallest absolute Gasteiger partial charge is 0.326 e. The van der Waals surface area contributed by atoms with Crippen LogP contribution in [-0.2, 0) is 20.9 Å². The fourth-order valence-electron chi connectivity index (χ4n) is 3.49. The average molecular weight is 550 g/mol. The zero-order valence-electron chi connectivity index (χ0n) is 20.9. The number of amides is 4. The summed E-state index contributed by atoms with van der Waals surface area (Å²) in [5.74, 6) is -4.01. The monoisotopic (exact) mass is 549 g/mol. The van der Waals surface area contributed by atoms with Crippen molar-refractivity contribution in [2.45, 2.75) is 50.7 Å². The molecule has 2 atom stereocenters. The molecule has 0 saturated heterocycles. The SMILES string of the molecule is O=C(O)CC[C@H](NC(=O)N[C@@H](CCCCNC(=O)Nc1cccc(-c2cnnn2CCO)c1)C(=O)O)C(=O)O. The second-order valence-corrected chi connectivity index (χ2v) is 8.36. The lowest BCUT2D eigenvalue weighted by molar-refractivity contribution is -0.140. The minimum absolute atomic E-state index is 0.0104. The summed E-state index contributed by atoms with van der Waals surface area (Å²) in [5, 5.41) is 53.6. The van der Waals surface area contributed by atoms with Crippen LogP contribution in [0.2, 0.25) is 0 Å². The number of hydrogen-bond donors (Lipinski definition) is 8. The van der Waals surface area contributed by atoms with E-state index in [2.05, 4.69) is 31.6 Å². The summed E-state index contributed by atoms with van der Waals surface area (Å²) < 4.78 is 1.53. The molecule has 0 spiro atoms. The number of carboxylic acids is 3. The van der Waals surface area contributed by atoms with Crippen LogP contribution < -0.4 is 21.3 Å². The van der Waals surface area contributed by atoms with E-state index in [1.54, 1.807) is 30.5 Å². The molecule has 0 aliphatic rings. The van der Waals surface area contributed by atoms with Crippen LogP contribution in [0.5, 0.6) is 0 Å². The Labute approximate surface area is 222 Å². The Morgan fingerprint density at radius 1 is 0.923 bits per heavy atom. The molecule has 4 amide bonds. The van der Waals surface area contributed by atoms with Crippen molar-refractivity contribution in [2.75, 3.05) is 18.5 Å². The van der Waals surface area contributed by atoms with Crippen LogP contribution >= 0.6 is 0 Å². The molecule has 0 aliphatic carbocycles. The first-order chi connectivity index (χ1) is 18.6. The first-order valence-corrected chi connectivity index (χ1v) is 12.0. The molecule has 0 fully saturated rings. The molecule has 0 unspecified atom stereocenters. The number of benzene rings is 1. The third kappa shape index (κ3) is 10.6. The van der Waals surface area contributed by atoms with Crippen molar-refractivity contribution in [3.63, 3.8) is 0 Å². The van der Waals surface area contributed by atoms with E-state index in [4.69, 9.17) is 15.3 Å². The predicted molar refractivity (Wildman–Crippen MR) is 135 cm³/mol. The summed E-state index contributed by atoms with van der Waals surface area (Å²) in [6.45, 7) is 0.381. The van der Waals surface area contributed by atoms with E-state index >= 15 is 0 Å². The van der Waals surface area contributed by atoms with Crippen molar-refractivity contribution >= 4 is 35.7 Å². The molecule has 0 bridgehead atoms. The lowest BCUT2D eigenvalue weighted by atomic mass is 10.1. The number of carbonyl (C=O) groups is 5. The number of hydrogen-bond acceptors (Lipinski definition) is 8. The van der Waals surface area contributed by atoms with Crippen molar-refractivity contribution in [1.82, 2.24) is 30.9 Å². The lowest BCUT2D eigenvalue weighted by Gasteiger charge is -2.18. The van der Waals surface area contributed by atoms with E-state index in [0.717, 1.165) is 5.56 Å². The molecule has 2 rings (SSSR count). The minimum Gasteiger partial charge on any atom is -0.481 e. The predicted octanol–water partition coefficient (Wildman–Crippen LogP) is 0.300. The van der Waals surface area contributed by atoms with Crippen LogP contribution in [0.15, 0.2) is 30.5 Å². The van der Waals surface area contributed by atoms with Crippen LogP contribution in [0.3, 0.4) is 0 Å². The van der Waals surface area contributed by atoms with Gasteiger partial charge in [-0.3, -0.25) is 4.79 Å². The number of carboxylic acid groups (broad SMARTS) is 3. The molecule has 1 heterocycles. The molecule has 16 nitrogen and oxygen atoms in total. The summed E-state index contributed by atoms with van der Waals surface area (Å²) >= 11 is 0. The second kappa shape index (κ2) is 15.5. The quantitative estimate of drug-likeness (QED) is 0.132. The standard InChI is InChI=1S/C23H31N7O9/c31-11-10-30-18(13-25-29-30)14-4-3-5-15(12-14)26-22(38)24-9-2-1-6-16(20(34)35)27-23(39)28-17(21(36)37)7-8-19(32)33/h3-5,12-13,16-17,31H,1-2,6-11H2,(H,32,33)(H,34,35)(H,36,37)(H2,24,26,38)(H2,27,28,39)/t16-,17-/m0/s1. The maximum Gasteiger partial charge on any atom is 0.326 e. The highest BCUT2D eigenvalue weighted by Crippen LogP contribution is 2.21. The van der Waals surface area contributed by atoms with Gasteiger partial charge in [0.05, 0.1) is 25.0 Å². The molecule has 16 heteroatoms. The van der Waals surface area contributed by atoms with Crippen LogP contribution in [0, 0.1) is 0 Å². The normalized spacial score (nSPS) is 12.1. The number of aliphatic carboxylic acids is 3. The van der Waals surface area contributed by atoms with Gasteiger partial charge in [0.15, 0.2) is 0 Å². The Morgan fingerprint density at radius 3 is 2.26 bits per heavy atom. The Balaban J connectivity index is 1.76. The highest BCUT2D eigenvalue weighted by molar-refractivity contribution is 5.90. The van der Waals surface area contributed by atoms with Crippen molar-refractivity contribution in [1.29, 1.82) is 0 Å². The van der Waals surface area contributed by atoms with Gasteiger partial charge >= 0.3 is 30.0 Å². The Kier molecular flexibility index (Phi) is 12.1. The van der Waals surface area contributed by atoms with Crippen LogP contribution in [-0.4, -0.2) is 90.6 Å². The summed E-state index contributed by atoms with van der Waals surface area (Å²) in [4.78, 5) is 57.6. The van der Waals surface area contributed by atoms with Crippen molar-refractivity contribution in [3.05, 3.63) is 30.5 Å². The number of aromatic nitrogens is 3. The number of unbranched alkanes of at least 4 members (excludes halogenated alkanes) is 1. The summed E-state index contributed by atoms with van der Waals surface area (Å²) in [5.41, 5.74) is 1.91. The molecule has 2 aromatic rings. The highest BCUT2D eigenvalue weighted by atomic mass is 16.4. The molecule has 0 radical (unpaired) electrons. The summed E-state index contributed by atoms with van der Waals surface area (Å²) in [7, 11) is 0. The Hall–Kier alpha value is -4.73. The third-order valence-electron chi connectivity index (χ3n) is 5.40. The van der Waals surface area contributed by atoms with Crippen molar-refractivity contribution in [2.24, 2.45) is 0 Å². The van der Waals surface area contributed by atoms with E-state index in [1.807, 2.05) is 0 Å². The van der Waals surface area contributed by atoms with Gasteiger partial charge in [0.1, 0.15) is 12.1 Å². The van der Waals surface area contributed by atoms with Gasteiger partial charge in [0.25, 0.3) is 0 Å². The number of carbonyl (C=O) groups excluding carboxylic acids is 2. The van der Waals surface area contributed by atoms with E-state index in [9.17, 15) is 29.1 Å². The van der Waals surface area contributed by atoms with Gasteiger partial charge < -0.3 is 41.7 Å². The molecule has 8 N–H and O–H groups in total. The van der Waals surface area contributed by atoms with E-state index in [-0.39, 0.29) is 32.5 Å². The van der Waals surface area contributed by atoms with Crippen LogP contribution in [0.4, 0.5) is 15.3 Å². The van der Waals surface area contributed by atoms with E-state index in [1.165, 1.54) is 4.68 Å². The average Bonchev–Trinajstić information content (AvgIpc) is 3.34. The molecule has 39 heavy (non-hydrogen) atoms. The van der Waals surface area contributed by atoms with Crippen molar-refractivity contribution < 1.29 is 44.4 Å². The zero-order valence-corrected chi connectivity index (χ0v) is 20.9. The molecule has 0 aliphatic heterocycles. The molecule has 0 saturated carbocycles. The fraction of sp³-hybridized carbons (Fsp3) is 0.435. The Morgan fingerprint density at radius 2 is 1.62 bits per heavy atom. The van der Waals surface area contributed by atoms with Crippen LogP contribution in [0.25, 0.3) is 11.3 Å². The summed E-state index contributed by atoms with van der Waals surface area (Å²) in [6, 6.07) is 2.62. The van der Waals surface area contributed by atoms with Gasteiger partial charge in [-0.2, -0.15) is 0 Å². The van der Waals surface area contributed by atoms with Gasteiger partial charge in [0.2, 0.25) is 0 Å². The van der Waals surface area contributed by atoms with Crippen molar-refractivity contribution in [3.8, 4) is 11.3 Å². The number of urea groups is 2. The number of nitrogens with zero attached hydrogens (tertiary/aromatic N) is 3. The van der Waals surface area contributed by atoms with E-state index < -0.39 is 48.5 Å². The summed E-state index contributed by atoms with van der Waals surface area (Å²) in [6.07, 6.45) is 1.41. The van der Waals surface area contributed by atoms with E-state index in [0.29, 0.717) is 24.2 Å². The number of rotatable bonds is 16.